The van der Waals surface area contributed by atoms with Crippen molar-refractivity contribution >= 4 is 5.97 Å². The van der Waals surface area contributed by atoms with E-state index in [1.807, 2.05) is 0 Å². The minimum atomic E-state index is -0.632. The van der Waals surface area contributed by atoms with Crippen molar-refractivity contribution in [1.82, 2.24) is 5.32 Å². The fourth-order valence-electron chi connectivity index (χ4n) is 2.49. The summed E-state index contributed by atoms with van der Waals surface area (Å²) in [5.41, 5.74) is 0. The first-order chi connectivity index (χ1) is 5.77. The highest BCUT2D eigenvalue weighted by atomic mass is 16.4. The predicted octanol–water partition coefficient (Wildman–Crippen LogP) is 0.849. The molecule has 2 aliphatic rings. The van der Waals surface area contributed by atoms with Crippen molar-refractivity contribution in [3.63, 3.8) is 0 Å². The minimum absolute atomic E-state index is 0.378. The van der Waals surface area contributed by atoms with Gasteiger partial charge in [0.15, 0.2) is 0 Å². The van der Waals surface area contributed by atoms with Gasteiger partial charge in [-0.15, -0.1) is 0 Å². The second-order valence-corrected chi connectivity index (χ2v) is 3.95. The predicted molar refractivity (Wildman–Crippen MR) is 44.9 cm³/mol. The van der Waals surface area contributed by atoms with Crippen LogP contribution in [0.25, 0.3) is 0 Å². The summed E-state index contributed by atoms with van der Waals surface area (Å²) in [5.74, 6) is 0.477. The monoisotopic (exact) mass is 169 g/mol. The third-order valence-corrected chi connectivity index (χ3v) is 3.29. The van der Waals surface area contributed by atoms with Crippen molar-refractivity contribution in [3.05, 3.63) is 0 Å². The molecule has 0 aromatic carbocycles. The number of hydrogen-bond acceptors (Lipinski definition) is 2. The number of fused-ring (bicyclic) bond motifs is 1. The molecule has 1 aliphatic heterocycles. The molecule has 2 rings (SSSR count). The summed E-state index contributed by atoms with van der Waals surface area (Å²) < 4.78 is 0. The van der Waals surface area contributed by atoms with Crippen LogP contribution in [0.1, 0.15) is 25.7 Å². The van der Waals surface area contributed by atoms with Crippen LogP contribution in [-0.2, 0) is 4.79 Å². The van der Waals surface area contributed by atoms with Gasteiger partial charge < -0.3 is 10.4 Å². The SMILES string of the molecule is O=C(O)CC1CCNC2CCC12. The van der Waals surface area contributed by atoms with Gasteiger partial charge in [0, 0.05) is 12.5 Å². The third-order valence-electron chi connectivity index (χ3n) is 3.29. The van der Waals surface area contributed by atoms with Crippen LogP contribution in [0.5, 0.6) is 0 Å². The molecule has 1 saturated heterocycles. The second-order valence-electron chi connectivity index (χ2n) is 3.95. The van der Waals surface area contributed by atoms with Crippen LogP contribution in [0.2, 0.25) is 0 Å². The summed E-state index contributed by atoms with van der Waals surface area (Å²) in [6, 6.07) is 0.642. The fourth-order valence-corrected chi connectivity index (χ4v) is 2.49. The normalized spacial score (nSPS) is 39.8. The molecular weight excluding hydrogens is 154 g/mol. The Hall–Kier alpha value is -0.570. The minimum Gasteiger partial charge on any atom is -0.481 e. The van der Waals surface area contributed by atoms with E-state index in [9.17, 15) is 4.79 Å². The summed E-state index contributed by atoms with van der Waals surface area (Å²) in [7, 11) is 0. The molecule has 1 heterocycles. The molecule has 1 saturated carbocycles. The second kappa shape index (κ2) is 3.05. The van der Waals surface area contributed by atoms with Gasteiger partial charge in [0.25, 0.3) is 0 Å². The van der Waals surface area contributed by atoms with Crippen LogP contribution < -0.4 is 5.32 Å². The first kappa shape index (κ1) is 8.05. The number of carbonyl (C=O) groups is 1. The summed E-state index contributed by atoms with van der Waals surface area (Å²) in [4.78, 5) is 10.5. The van der Waals surface area contributed by atoms with Gasteiger partial charge in [-0.2, -0.15) is 0 Å². The first-order valence-corrected chi connectivity index (χ1v) is 4.72. The van der Waals surface area contributed by atoms with Gasteiger partial charge in [-0.1, -0.05) is 0 Å². The molecule has 2 fully saturated rings. The van der Waals surface area contributed by atoms with Crippen molar-refractivity contribution in [2.45, 2.75) is 31.7 Å². The zero-order valence-electron chi connectivity index (χ0n) is 7.12. The number of carboxylic acids is 1. The van der Waals surface area contributed by atoms with Gasteiger partial charge in [-0.3, -0.25) is 4.79 Å². The molecule has 2 N–H and O–H groups in total. The van der Waals surface area contributed by atoms with Gasteiger partial charge in [0.2, 0.25) is 0 Å². The smallest absolute Gasteiger partial charge is 0.303 e. The van der Waals surface area contributed by atoms with E-state index < -0.39 is 5.97 Å². The average Bonchev–Trinajstić information content (AvgIpc) is 1.91. The molecular formula is C9H15NO2. The molecule has 0 aromatic rings. The van der Waals surface area contributed by atoms with E-state index >= 15 is 0 Å². The fraction of sp³-hybridized carbons (Fsp3) is 0.889. The number of hydrogen-bond donors (Lipinski definition) is 2. The number of aliphatic carboxylic acids is 1. The van der Waals surface area contributed by atoms with E-state index in [0.29, 0.717) is 24.3 Å². The van der Waals surface area contributed by atoms with Gasteiger partial charge >= 0.3 is 5.97 Å². The maximum absolute atomic E-state index is 10.5. The van der Waals surface area contributed by atoms with E-state index in [0.717, 1.165) is 13.0 Å². The molecule has 3 unspecified atom stereocenters. The number of piperidine rings is 1. The molecule has 12 heavy (non-hydrogen) atoms. The van der Waals surface area contributed by atoms with Crippen molar-refractivity contribution in [3.8, 4) is 0 Å². The van der Waals surface area contributed by atoms with Crippen LogP contribution in [0.15, 0.2) is 0 Å². The van der Waals surface area contributed by atoms with Gasteiger partial charge in [-0.25, -0.2) is 0 Å². The summed E-state index contributed by atoms with van der Waals surface area (Å²) in [5, 5.41) is 12.1. The highest BCUT2D eigenvalue weighted by Crippen LogP contribution is 2.39. The molecule has 1 aliphatic carbocycles. The van der Waals surface area contributed by atoms with Crippen LogP contribution in [0.3, 0.4) is 0 Å². The molecule has 3 atom stereocenters. The van der Waals surface area contributed by atoms with Crippen LogP contribution in [0.4, 0.5) is 0 Å². The maximum atomic E-state index is 10.5. The van der Waals surface area contributed by atoms with Crippen LogP contribution in [-0.4, -0.2) is 23.7 Å². The van der Waals surface area contributed by atoms with Crippen molar-refractivity contribution in [1.29, 1.82) is 0 Å². The molecule has 0 aromatic heterocycles. The first-order valence-electron chi connectivity index (χ1n) is 4.72. The molecule has 0 spiro atoms. The zero-order valence-corrected chi connectivity index (χ0v) is 7.12. The van der Waals surface area contributed by atoms with Crippen LogP contribution >= 0.6 is 0 Å². The molecule has 3 heteroatoms. The summed E-state index contributed by atoms with van der Waals surface area (Å²) in [6.07, 6.45) is 3.91. The Balaban J connectivity index is 1.91. The maximum Gasteiger partial charge on any atom is 0.303 e. The Kier molecular flexibility index (Phi) is 2.05. The van der Waals surface area contributed by atoms with E-state index in [4.69, 9.17) is 5.11 Å². The van der Waals surface area contributed by atoms with Crippen molar-refractivity contribution in [2.75, 3.05) is 6.54 Å². The number of rotatable bonds is 2. The Morgan fingerprint density at radius 2 is 2.25 bits per heavy atom. The van der Waals surface area contributed by atoms with Gasteiger partial charge in [0.05, 0.1) is 0 Å². The van der Waals surface area contributed by atoms with Gasteiger partial charge in [-0.05, 0) is 37.6 Å². The summed E-state index contributed by atoms with van der Waals surface area (Å²) >= 11 is 0. The van der Waals surface area contributed by atoms with E-state index in [1.165, 1.54) is 12.8 Å². The summed E-state index contributed by atoms with van der Waals surface area (Å²) in [6.45, 7) is 1.01. The standard InChI is InChI=1S/C9H15NO2/c11-9(12)5-6-3-4-10-8-2-1-7(6)8/h6-8,10H,1-5H2,(H,11,12). The zero-order chi connectivity index (χ0) is 8.55. The lowest BCUT2D eigenvalue weighted by atomic mass is 9.67. The Morgan fingerprint density at radius 3 is 2.83 bits per heavy atom. The lowest BCUT2D eigenvalue weighted by Crippen LogP contribution is -2.52. The molecule has 3 nitrogen and oxygen atoms in total. The molecule has 0 bridgehead atoms. The van der Waals surface area contributed by atoms with E-state index in [1.54, 1.807) is 0 Å². The molecule has 0 amide bonds. The lowest BCUT2D eigenvalue weighted by molar-refractivity contribution is -0.139. The highest BCUT2D eigenvalue weighted by molar-refractivity contribution is 5.67. The largest absolute Gasteiger partial charge is 0.481 e. The molecule has 0 radical (unpaired) electrons. The average molecular weight is 169 g/mol. The van der Waals surface area contributed by atoms with Crippen molar-refractivity contribution in [2.24, 2.45) is 11.8 Å². The number of nitrogens with one attached hydrogen (secondary N) is 1. The Bertz CT molecular complexity index is 193. The lowest BCUT2D eigenvalue weighted by Gasteiger charge is -2.46. The van der Waals surface area contributed by atoms with E-state index in [-0.39, 0.29) is 0 Å². The number of carboxylic acid groups (broad SMARTS) is 1. The molecule has 68 valence electrons. The highest BCUT2D eigenvalue weighted by Gasteiger charge is 2.39. The quantitative estimate of drug-likeness (QED) is 0.644. The Morgan fingerprint density at radius 1 is 1.42 bits per heavy atom. The topological polar surface area (TPSA) is 49.3 Å². The van der Waals surface area contributed by atoms with Crippen molar-refractivity contribution < 1.29 is 9.90 Å². The van der Waals surface area contributed by atoms with Crippen LogP contribution in [0, 0.1) is 11.8 Å². The van der Waals surface area contributed by atoms with E-state index in [2.05, 4.69) is 5.32 Å². The third kappa shape index (κ3) is 1.33. The Labute approximate surface area is 72.2 Å². The van der Waals surface area contributed by atoms with Gasteiger partial charge in [0.1, 0.15) is 0 Å².